The van der Waals surface area contributed by atoms with Crippen molar-refractivity contribution in [3.05, 3.63) is 12.2 Å². The largest absolute Gasteiger partial charge is 0.480 e. The van der Waals surface area contributed by atoms with Crippen molar-refractivity contribution in [1.82, 2.24) is 5.32 Å². The summed E-state index contributed by atoms with van der Waals surface area (Å²) in [7, 11) is -4.75. The molecule has 0 aromatic rings. The normalized spacial score (nSPS) is 13.8. The molecule has 0 saturated carbocycles. The summed E-state index contributed by atoms with van der Waals surface area (Å²) in [5.74, 6) is -2.36. The van der Waals surface area contributed by atoms with Crippen molar-refractivity contribution in [1.29, 1.82) is 0 Å². The summed E-state index contributed by atoms with van der Waals surface area (Å²) in [6, 6.07) is -1.54. The molecule has 0 aliphatic heterocycles. The lowest BCUT2D eigenvalue weighted by atomic mass is 10.0. The second kappa shape index (κ2) is 41.0. The molecule has 0 radical (unpaired) electrons. The van der Waals surface area contributed by atoms with Crippen LogP contribution >= 0.6 is 7.82 Å². The number of nitrogens with one attached hydrogen (secondary N) is 1. The number of aliphatic hydroxyl groups is 1. The smallest absolute Gasteiger partial charge is 0.472 e. The molecule has 0 spiro atoms. The van der Waals surface area contributed by atoms with Crippen LogP contribution in [-0.4, -0.2) is 64.9 Å². The fraction of sp³-hybridized carbons (Fsp3) is 0.889. The van der Waals surface area contributed by atoms with E-state index in [1.807, 2.05) is 0 Å². The third-order valence-electron chi connectivity index (χ3n) is 10.3. The molecule has 336 valence electrons. The average molecular weight is 832 g/mol. The molecular formula is C45H86NO10P. The standard InChI is InChI=1S/C45H86NO10P/c1-3-5-7-9-11-13-15-16-17-18-19-20-21-22-23-24-25-26-27-29-31-33-35-37-44(49)54-38-41(47)39-55-57(52,53)56-40-42(45(50)51)46-43(48)36-34-32-30-28-14-12-10-8-6-4-2/h16-17,41-42,47H,3-15,18-40H2,1-2H3,(H,46,48)(H,50,51)(H,52,53)/b17-16+. The number of phosphoric ester groups is 1. The molecule has 4 N–H and O–H groups in total. The van der Waals surface area contributed by atoms with E-state index in [1.54, 1.807) is 0 Å². The Morgan fingerprint density at radius 1 is 0.544 bits per heavy atom. The third-order valence-corrected chi connectivity index (χ3v) is 11.3. The number of phosphoric acid groups is 1. The highest BCUT2D eigenvalue weighted by atomic mass is 31.2. The average Bonchev–Trinajstić information content (AvgIpc) is 3.18. The van der Waals surface area contributed by atoms with Gasteiger partial charge in [0, 0.05) is 12.8 Å². The van der Waals surface area contributed by atoms with Crippen molar-refractivity contribution in [3.8, 4) is 0 Å². The number of aliphatic hydroxyl groups excluding tert-OH is 1. The van der Waals surface area contributed by atoms with Gasteiger partial charge in [-0.1, -0.05) is 187 Å². The summed E-state index contributed by atoms with van der Waals surface area (Å²) in [4.78, 5) is 45.8. The highest BCUT2D eigenvalue weighted by molar-refractivity contribution is 7.47. The summed E-state index contributed by atoms with van der Waals surface area (Å²) in [6.45, 7) is 2.58. The van der Waals surface area contributed by atoms with Gasteiger partial charge >= 0.3 is 19.8 Å². The number of hydrogen-bond acceptors (Lipinski definition) is 8. The van der Waals surface area contributed by atoms with Crippen LogP contribution in [0.25, 0.3) is 0 Å². The Kier molecular flexibility index (Phi) is 39.7. The van der Waals surface area contributed by atoms with E-state index in [0.29, 0.717) is 12.8 Å². The number of carboxylic acid groups (broad SMARTS) is 1. The summed E-state index contributed by atoms with van der Waals surface area (Å²) in [6.07, 6.45) is 41.1. The molecule has 3 unspecified atom stereocenters. The summed E-state index contributed by atoms with van der Waals surface area (Å²) < 4.78 is 26.8. The van der Waals surface area contributed by atoms with Gasteiger partial charge in [0.1, 0.15) is 12.7 Å². The van der Waals surface area contributed by atoms with Crippen LogP contribution < -0.4 is 5.32 Å². The quantitative estimate of drug-likeness (QED) is 0.0201. The molecule has 0 fully saturated rings. The molecule has 57 heavy (non-hydrogen) atoms. The van der Waals surface area contributed by atoms with Gasteiger partial charge in [-0.05, 0) is 38.5 Å². The molecule has 0 rings (SSSR count). The number of aliphatic carboxylic acids is 1. The third kappa shape index (κ3) is 40.8. The highest BCUT2D eigenvalue weighted by Crippen LogP contribution is 2.43. The van der Waals surface area contributed by atoms with Crippen LogP contribution in [0.5, 0.6) is 0 Å². The molecule has 0 aliphatic carbocycles. The van der Waals surface area contributed by atoms with E-state index in [4.69, 9.17) is 13.8 Å². The number of allylic oxidation sites excluding steroid dienone is 2. The number of amides is 1. The molecule has 1 amide bonds. The number of carboxylic acids is 1. The Balaban J connectivity index is 3.76. The number of unbranched alkanes of at least 4 members (excludes halogenated alkanes) is 28. The first-order valence-corrected chi connectivity index (χ1v) is 24.7. The van der Waals surface area contributed by atoms with E-state index in [0.717, 1.165) is 38.5 Å². The number of esters is 1. The van der Waals surface area contributed by atoms with E-state index >= 15 is 0 Å². The maximum atomic E-state index is 12.2. The van der Waals surface area contributed by atoms with Crippen LogP contribution in [0.2, 0.25) is 0 Å². The fourth-order valence-electron chi connectivity index (χ4n) is 6.66. The molecule has 0 aromatic carbocycles. The van der Waals surface area contributed by atoms with Gasteiger partial charge < -0.3 is 25.2 Å². The lowest BCUT2D eigenvalue weighted by Gasteiger charge is -2.18. The van der Waals surface area contributed by atoms with Gasteiger partial charge in [-0.15, -0.1) is 0 Å². The van der Waals surface area contributed by atoms with Gasteiger partial charge in [0.15, 0.2) is 6.04 Å². The minimum Gasteiger partial charge on any atom is -0.480 e. The van der Waals surface area contributed by atoms with Gasteiger partial charge in [0.05, 0.1) is 13.2 Å². The minimum absolute atomic E-state index is 0.150. The summed E-state index contributed by atoms with van der Waals surface area (Å²) in [5.41, 5.74) is 0. The van der Waals surface area contributed by atoms with Crippen LogP contribution in [-0.2, 0) is 32.7 Å². The van der Waals surface area contributed by atoms with Gasteiger partial charge in [0.25, 0.3) is 0 Å². The Morgan fingerprint density at radius 3 is 1.33 bits per heavy atom. The zero-order valence-electron chi connectivity index (χ0n) is 36.4. The van der Waals surface area contributed by atoms with Crippen LogP contribution in [0.15, 0.2) is 12.2 Å². The summed E-state index contributed by atoms with van der Waals surface area (Å²) >= 11 is 0. The van der Waals surface area contributed by atoms with Gasteiger partial charge in [0.2, 0.25) is 5.91 Å². The molecule has 11 nitrogen and oxygen atoms in total. The zero-order chi connectivity index (χ0) is 42.1. The number of ether oxygens (including phenoxy) is 1. The van der Waals surface area contributed by atoms with E-state index in [-0.39, 0.29) is 12.8 Å². The zero-order valence-corrected chi connectivity index (χ0v) is 37.3. The predicted octanol–water partition coefficient (Wildman–Crippen LogP) is 12.1. The van der Waals surface area contributed by atoms with Crippen LogP contribution in [0, 0.1) is 0 Å². The van der Waals surface area contributed by atoms with Gasteiger partial charge in [-0.2, -0.15) is 0 Å². The van der Waals surface area contributed by atoms with Crippen molar-refractivity contribution >= 4 is 25.7 Å². The highest BCUT2D eigenvalue weighted by Gasteiger charge is 2.28. The number of rotatable bonds is 44. The summed E-state index contributed by atoms with van der Waals surface area (Å²) in [5, 5.41) is 21.8. The Morgan fingerprint density at radius 2 is 0.912 bits per heavy atom. The van der Waals surface area contributed by atoms with E-state index < -0.39 is 57.6 Å². The van der Waals surface area contributed by atoms with Crippen molar-refractivity contribution in [3.63, 3.8) is 0 Å². The first-order chi connectivity index (χ1) is 27.6. The Labute approximate surface area is 347 Å². The maximum Gasteiger partial charge on any atom is 0.472 e. The van der Waals surface area contributed by atoms with Crippen molar-refractivity contribution in [2.45, 2.75) is 238 Å². The molecule has 0 aromatic heterocycles. The maximum absolute atomic E-state index is 12.2. The molecule has 3 atom stereocenters. The second-order valence-corrected chi connectivity index (χ2v) is 17.4. The Bertz CT molecular complexity index is 1030. The van der Waals surface area contributed by atoms with E-state index in [1.165, 1.54) is 148 Å². The molecular weight excluding hydrogens is 745 g/mol. The van der Waals surface area contributed by atoms with Gasteiger partial charge in [-0.3, -0.25) is 18.6 Å². The lowest BCUT2D eigenvalue weighted by molar-refractivity contribution is -0.147. The molecule has 0 saturated heterocycles. The number of carbonyl (C=O) groups excluding carboxylic acids is 2. The van der Waals surface area contributed by atoms with E-state index in [9.17, 15) is 34.1 Å². The topological polar surface area (TPSA) is 169 Å². The fourth-order valence-corrected chi connectivity index (χ4v) is 7.44. The SMILES string of the molecule is CCCCCCCC/C=C/CCCCCCCCCCCCCCCC(=O)OCC(O)COP(=O)(O)OCC(NC(=O)CCCCCCCCCCCC)C(=O)O. The lowest BCUT2D eigenvalue weighted by Crippen LogP contribution is -2.43. The van der Waals surface area contributed by atoms with Crippen molar-refractivity contribution in [2.75, 3.05) is 19.8 Å². The second-order valence-electron chi connectivity index (χ2n) is 15.9. The van der Waals surface area contributed by atoms with Crippen molar-refractivity contribution < 1.29 is 47.8 Å². The molecule has 12 heteroatoms. The van der Waals surface area contributed by atoms with Crippen LogP contribution in [0.3, 0.4) is 0 Å². The van der Waals surface area contributed by atoms with Crippen LogP contribution in [0.4, 0.5) is 0 Å². The van der Waals surface area contributed by atoms with Gasteiger partial charge in [-0.25, -0.2) is 9.36 Å². The first kappa shape index (κ1) is 55.2. The molecule has 0 aliphatic rings. The van der Waals surface area contributed by atoms with Crippen molar-refractivity contribution in [2.24, 2.45) is 0 Å². The molecule has 0 bridgehead atoms. The number of hydrogen-bond donors (Lipinski definition) is 4. The minimum atomic E-state index is -4.75. The molecule has 0 heterocycles. The van der Waals surface area contributed by atoms with E-state index in [2.05, 4.69) is 31.3 Å². The monoisotopic (exact) mass is 832 g/mol. The predicted molar refractivity (Wildman–Crippen MR) is 231 cm³/mol. The van der Waals surface area contributed by atoms with Crippen LogP contribution in [0.1, 0.15) is 226 Å². The first-order valence-electron chi connectivity index (χ1n) is 23.2. The number of carbonyl (C=O) groups is 3. The Hall–Kier alpha value is -1.78.